The first-order valence-electron chi connectivity index (χ1n) is 7.81. The fourth-order valence-electron chi connectivity index (χ4n) is 3.73. The molecule has 3 fully saturated rings. The molecule has 0 aromatic rings. The molecular formula is C15H27N3O. The van der Waals surface area contributed by atoms with Gasteiger partial charge in [0.1, 0.15) is 0 Å². The van der Waals surface area contributed by atoms with Crippen molar-refractivity contribution in [2.75, 3.05) is 20.1 Å². The van der Waals surface area contributed by atoms with Crippen LogP contribution in [-0.4, -0.2) is 53.6 Å². The molecule has 2 saturated heterocycles. The molecule has 1 amide bonds. The Kier molecular flexibility index (Phi) is 3.34. The quantitative estimate of drug-likeness (QED) is 0.838. The second-order valence-corrected chi connectivity index (χ2v) is 7.14. The minimum atomic E-state index is -0.157. The van der Waals surface area contributed by atoms with Crippen LogP contribution >= 0.6 is 0 Å². The summed E-state index contributed by atoms with van der Waals surface area (Å²) in [6.45, 7) is 6.70. The van der Waals surface area contributed by atoms with Crippen LogP contribution in [0.4, 0.5) is 0 Å². The molecule has 0 radical (unpaired) electrons. The third-order valence-corrected chi connectivity index (χ3v) is 4.86. The van der Waals surface area contributed by atoms with Gasteiger partial charge < -0.3 is 9.80 Å². The lowest BCUT2D eigenvalue weighted by Crippen LogP contribution is -2.52. The van der Waals surface area contributed by atoms with Crippen molar-refractivity contribution in [2.45, 2.75) is 63.7 Å². The van der Waals surface area contributed by atoms with Gasteiger partial charge in [-0.2, -0.15) is 0 Å². The van der Waals surface area contributed by atoms with Crippen LogP contribution < -0.4 is 5.32 Å². The van der Waals surface area contributed by atoms with Gasteiger partial charge in [-0.1, -0.05) is 13.8 Å². The van der Waals surface area contributed by atoms with Crippen molar-refractivity contribution in [3.63, 3.8) is 0 Å². The van der Waals surface area contributed by atoms with Gasteiger partial charge in [-0.25, -0.2) is 0 Å². The topological polar surface area (TPSA) is 35.6 Å². The molecule has 0 aromatic heterocycles. The van der Waals surface area contributed by atoms with Crippen LogP contribution in [0.25, 0.3) is 0 Å². The molecular weight excluding hydrogens is 238 g/mol. The zero-order valence-electron chi connectivity index (χ0n) is 12.5. The van der Waals surface area contributed by atoms with Crippen molar-refractivity contribution in [3.8, 4) is 0 Å². The van der Waals surface area contributed by atoms with Gasteiger partial charge >= 0.3 is 0 Å². The molecule has 0 aromatic carbocycles. The first-order valence-corrected chi connectivity index (χ1v) is 7.81. The molecule has 1 aliphatic carbocycles. The van der Waals surface area contributed by atoms with E-state index in [-0.39, 0.29) is 11.7 Å². The summed E-state index contributed by atoms with van der Waals surface area (Å²) in [4.78, 5) is 17.3. The van der Waals surface area contributed by atoms with Gasteiger partial charge in [0.25, 0.3) is 0 Å². The molecule has 2 heterocycles. The number of hydrogen-bond acceptors (Lipinski definition) is 3. The molecule has 4 heteroatoms. The number of nitrogens with one attached hydrogen (secondary N) is 1. The summed E-state index contributed by atoms with van der Waals surface area (Å²) in [5.74, 6) is 1.02. The maximum Gasteiger partial charge on any atom is 0.244 e. The third-order valence-electron chi connectivity index (χ3n) is 4.86. The van der Waals surface area contributed by atoms with Crippen molar-refractivity contribution in [1.82, 2.24) is 15.1 Å². The summed E-state index contributed by atoms with van der Waals surface area (Å²) in [6.07, 6.45) is 5.81. The molecule has 1 saturated carbocycles. The van der Waals surface area contributed by atoms with Crippen LogP contribution in [-0.2, 0) is 4.79 Å². The van der Waals surface area contributed by atoms with Crippen LogP contribution in [0.2, 0.25) is 0 Å². The number of amides is 1. The van der Waals surface area contributed by atoms with Gasteiger partial charge in [-0.05, 0) is 51.6 Å². The van der Waals surface area contributed by atoms with Crippen LogP contribution in [0.1, 0.15) is 46.0 Å². The van der Waals surface area contributed by atoms with Gasteiger partial charge in [0.15, 0.2) is 0 Å². The average molecular weight is 265 g/mol. The number of likely N-dealkylation sites (N-methyl/N-ethyl adjacent to an activating group) is 1. The fourth-order valence-corrected chi connectivity index (χ4v) is 3.73. The summed E-state index contributed by atoms with van der Waals surface area (Å²) >= 11 is 0. The zero-order valence-corrected chi connectivity index (χ0v) is 12.5. The lowest BCUT2D eigenvalue weighted by Gasteiger charge is -2.39. The van der Waals surface area contributed by atoms with Crippen LogP contribution in [0.15, 0.2) is 0 Å². The van der Waals surface area contributed by atoms with Gasteiger partial charge in [0.2, 0.25) is 5.91 Å². The highest BCUT2D eigenvalue weighted by Crippen LogP contribution is 2.44. The second kappa shape index (κ2) is 4.74. The van der Waals surface area contributed by atoms with Crippen molar-refractivity contribution >= 4 is 5.91 Å². The number of nitrogens with zero attached hydrogens (tertiary/aromatic N) is 2. The van der Waals surface area contributed by atoms with Gasteiger partial charge in [-0.15, -0.1) is 0 Å². The Morgan fingerprint density at radius 2 is 2.16 bits per heavy atom. The lowest BCUT2D eigenvalue weighted by molar-refractivity contribution is -0.134. The maximum atomic E-state index is 12.7. The molecule has 1 spiro atoms. The maximum absolute atomic E-state index is 12.7. The standard InChI is InChI=1S/C15H27N3O/c1-11(2)9-13-16-15(6-7-15)14(19)18(13)12-5-4-8-17(3)10-12/h11-13,16H,4-10H2,1-3H3. The highest BCUT2D eigenvalue weighted by atomic mass is 16.2. The van der Waals surface area contributed by atoms with Crippen LogP contribution in [0.3, 0.4) is 0 Å². The van der Waals surface area contributed by atoms with Crippen molar-refractivity contribution in [3.05, 3.63) is 0 Å². The minimum absolute atomic E-state index is 0.157. The number of carbonyl (C=O) groups excluding carboxylic acids is 1. The summed E-state index contributed by atoms with van der Waals surface area (Å²) in [6, 6.07) is 0.419. The summed E-state index contributed by atoms with van der Waals surface area (Å²) in [5, 5.41) is 3.64. The van der Waals surface area contributed by atoms with Crippen LogP contribution in [0.5, 0.6) is 0 Å². The lowest BCUT2D eigenvalue weighted by atomic mass is 10.0. The van der Waals surface area contributed by atoms with E-state index in [2.05, 4.69) is 36.0 Å². The van der Waals surface area contributed by atoms with E-state index in [4.69, 9.17) is 0 Å². The highest BCUT2D eigenvalue weighted by molar-refractivity contribution is 5.92. The molecule has 3 rings (SSSR count). The largest absolute Gasteiger partial charge is 0.321 e. The molecule has 2 unspecified atom stereocenters. The summed E-state index contributed by atoms with van der Waals surface area (Å²) in [5.41, 5.74) is -0.157. The van der Waals surface area contributed by atoms with Gasteiger partial charge in [0, 0.05) is 12.6 Å². The SMILES string of the molecule is CC(C)CC1NC2(CC2)C(=O)N1C1CCCN(C)C1. The van der Waals surface area contributed by atoms with E-state index in [1.54, 1.807) is 0 Å². The minimum Gasteiger partial charge on any atom is -0.321 e. The van der Waals surface area contributed by atoms with Crippen molar-refractivity contribution < 1.29 is 4.79 Å². The normalized spacial score (nSPS) is 34.5. The molecule has 2 atom stereocenters. The van der Waals surface area contributed by atoms with E-state index >= 15 is 0 Å². The van der Waals surface area contributed by atoms with E-state index in [1.807, 2.05) is 0 Å². The van der Waals surface area contributed by atoms with E-state index in [9.17, 15) is 4.79 Å². The Morgan fingerprint density at radius 3 is 2.74 bits per heavy atom. The monoisotopic (exact) mass is 265 g/mol. The summed E-state index contributed by atoms with van der Waals surface area (Å²) < 4.78 is 0. The second-order valence-electron chi connectivity index (χ2n) is 7.14. The zero-order chi connectivity index (χ0) is 13.6. The van der Waals surface area contributed by atoms with Gasteiger partial charge in [0.05, 0.1) is 11.7 Å². The van der Waals surface area contributed by atoms with E-state index < -0.39 is 0 Å². The predicted molar refractivity (Wildman–Crippen MR) is 75.7 cm³/mol. The van der Waals surface area contributed by atoms with Crippen molar-refractivity contribution in [2.24, 2.45) is 5.92 Å². The molecule has 1 N–H and O–H groups in total. The third kappa shape index (κ3) is 2.40. The van der Waals surface area contributed by atoms with E-state index in [0.717, 1.165) is 25.8 Å². The first kappa shape index (κ1) is 13.4. The highest BCUT2D eigenvalue weighted by Gasteiger charge is 2.60. The molecule has 2 aliphatic heterocycles. The molecule has 108 valence electrons. The van der Waals surface area contributed by atoms with Crippen molar-refractivity contribution in [1.29, 1.82) is 0 Å². The number of hydrogen-bond donors (Lipinski definition) is 1. The number of likely N-dealkylation sites (tertiary alicyclic amines) is 1. The Balaban J connectivity index is 1.77. The number of rotatable bonds is 3. The fraction of sp³-hybridized carbons (Fsp3) is 0.933. The average Bonchev–Trinajstić information content (AvgIpc) is 3.03. The smallest absolute Gasteiger partial charge is 0.244 e. The Bertz CT molecular complexity index is 364. The van der Waals surface area contributed by atoms with E-state index in [1.165, 1.54) is 19.4 Å². The number of piperidine rings is 1. The van der Waals surface area contributed by atoms with Crippen LogP contribution in [0, 0.1) is 5.92 Å². The summed E-state index contributed by atoms with van der Waals surface area (Å²) in [7, 11) is 2.17. The van der Waals surface area contributed by atoms with Gasteiger partial charge in [-0.3, -0.25) is 10.1 Å². The Morgan fingerprint density at radius 1 is 1.42 bits per heavy atom. The molecule has 0 bridgehead atoms. The molecule has 19 heavy (non-hydrogen) atoms. The first-order chi connectivity index (χ1) is 9.02. The predicted octanol–water partition coefficient (Wildman–Crippen LogP) is 1.42. The molecule has 4 nitrogen and oxygen atoms in total. The number of carbonyl (C=O) groups is 1. The Labute approximate surface area is 116 Å². The Hall–Kier alpha value is -0.610. The van der Waals surface area contributed by atoms with E-state index in [0.29, 0.717) is 17.9 Å². The molecule has 3 aliphatic rings.